The summed E-state index contributed by atoms with van der Waals surface area (Å²) in [4.78, 5) is 15.4. The molecule has 0 atom stereocenters. The lowest BCUT2D eigenvalue weighted by Crippen LogP contribution is -3.13. The van der Waals surface area contributed by atoms with E-state index >= 15 is 0 Å². The van der Waals surface area contributed by atoms with E-state index in [1.54, 1.807) is 17.7 Å². The Morgan fingerprint density at radius 3 is 2.68 bits per heavy atom. The summed E-state index contributed by atoms with van der Waals surface area (Å²) in [6, 6.07) is 14.8. The third kappa shape index (κ3) is 3.39. The number of nitrogens with zero attached hydrogens (tertiary/aromatic N) is 4. The second kappa shape index (κ2) is 7.33. The van der Waals surface area contributed by atoms with Gasteiger partial charge in [0.25, 0.3) is 0 Å². The van der Waals surface area contributed by atoms with Gasteiger partial charge < -0.3 is 14.3 Å². The third-order valence-corrected chi connectivity index (χ3v) is 6.34. The zero-order chi connectivity index (χ0) is 18.9. The largest absolute Gasteiger partial charge is 0.361 e. The number of fused-ring (bicyclic) bond motifs is 1. The van der Waals surface area contributed by atoms with E-state index < -0.39 is 0 Å². The van der Waals surface area contributed by atoms with Crippen LogP contribution < -0.4 is 9.80 Å². The molecule has 0 saturated carbocycles. The Bertz CT molecular complexity index is 1080. The Labute approximate surface area is 167 Å². The van der Waals surface area contributed by atoms with E-state index in [0.29, 0.717) is 0 Å². The Hall–Kier alpha value is -2.77. The fraction of sp³-hybridized carbons (Fsp3) is 0.286. The normalized spacial score (nSPS) is 15.4. The fourth-order valence-corrected chi connectivity index (χ4v) is 4.81. The summed E-state index contributed by atoms with van der Waals surface area (Å²) in [5, 5.41) is 5.29. The van der Waals surface area contributed by atoms with Crippen LogP contribution in [0.1, 0.15) is 11.5 Å². The minimum absolute atomic E-state index is 0.878. The highest BCUT2D eigenvalue weighted by molar-refractivity contribution is 7.21. The first-order valence-corrected chi connectivity index (χ1v) is 10.4. The lowest BCUT2D eigenvalue weighted by Gasteiger charge is -2.32. The van der Waals surface area contributed by atoms with Crippen molar-refractivity contribution < 1.29 is 9.42 Å². The highest BCUT2D eigenvalue weighted by atomic mass is 32.1. The van der Waals surface area contributed by atoms with Crippen LogP contribution in [0, 0.1) is 6.92 Å². The molecule has 6 nitrogen and oxygen atoms in total. The van der Waals surface area contributed by atoms with Gasteiger partial charge in [0, 0.05) is 10.9 Å². The van der Waals surface area contributed by atoms with Crippen molar-refractivity contribution >= 4 is 27.4 Å². The van der Waals surface area contributed by atoms with E-state index in [9.17, 15) is 0 Å². The zero-order valence-corrected chi connectivity index (χ0v) is 16.6. The van der Waals surface area contributed by atoms with Crippen LogP contribution >= 0.6 is 11.3 Å². The van der Waals surface area contributed by atoms with Crippen LogP contribution in [0.4, 0.5) is 5.82 Å². The molecule has 0 amide bonds. The standard InChI is InChI=1S/C21H21N5OS/c1-15-11-17(24-27-15)13-25-7-9-26(10-8-25)20-18-12-19(16-5-3-2-4-6-16)28-21(18)23-14-22-20/h2-6,11-12,14H,7-10,13H2,1H3/p+1. The quantitative estimate of drug-likeness (QED) is 0.578. The molecule has 0 radical (unpaired) electrons. The first-order chi connectivity index (χ1) is 13.8. The van der Waals surface area contributed by atoms with Crippen molar-refractivity contribution in [3.8, 4) is 10.4 Å². The Morgan fingerprint density at radius 2 is 1.93 bits per heavy atom. The van der Waals surface area contributed by atoms with E-state index in [2.05, 4.69) is 50.4 Å². The average Bonchev–Trinajstić information content (AvgIpc) is 3.35. The van der Waals surface area contributed by atoms with Crippen LogP contribution in [0.15, 0.2) is 53.3 Å². The van der Waals surface area contributed by atoms with Crippen LogP contribution in [0.2, 0.25) is 0 Å². The van der Waals surface area contributed by atoms with Gasteiger partial charge in [0.1, 0.15) is 35.0 Å². The molecule has 1 aliphatic heterocycles. The number of aryl methyl sites for hydroxylation is 1. The molecule has 1 N–H and O–H groups in total. The molecule has 0 spiro atoms. The average molecular weight is 393 g/mol. The first-order valence-electron chi connectivity index (χ1n) is 9.57. The third-order valence-electron chi connectivity index (χ3n) is 5.24. The highest BCUT2D eigenvalue weighted by Crippen LogP contribution is 2.35. The molecule has 5 rings (SSSR count). The summed E-state index contributed by atoms with van der Waals surface area (Å²) in [6.07, 6.45) is 1.69. The summed E-state index contributed by atoms with van der Waals surface area (Å²) in [5.74, 6) is 1.93. The van der Waals surface area contributed by atoms with Crippen molar-refractivity contribution in [2.24, 2.45) is 0 Å². The predicted molar refractivity (Wildman–Crippen MR) is 111 cm³/mol. The predicted octanol–water partition coefficient (Wildman–Crippen LogP) is 2.56. The van der Waals surface area contributed by atoms with E-state index in [1.807, 2.05) is 19.1 Å². The highest BCUT2D eigenvalue weighted by Gasteiger charge is 2.24. The number of aromatic nitrogens is 3. The van der Waals surface area contributed by atoms with Crippen LogP contribution in [0.5, 0.6) is 0 Å². The number of thiophene rings is 1. The Kier molecular flexibility index (Phi) is 4.54. The molecule has 4 aromatic rings. The molecular formula is C21H22N5OS+. The molecule has 0 bridgehead atoms. The van der Waals surface area contributed by atoms with Crippen LogP contribution in [0.3, 0.4) is 0 Å². The molecule has 1 fully saturated rings. The van der Waals surface area contributed by atoms with E-state index in [0.717, 1.165) is 60.2 Å². The number of anilines is 1. The van der Waals surface area contributed by atoms with Crippen molar-refractivity contribution in [2.75, 3.05) is 31.1 Å². The second-order valence-corrected chi connectivity index (χ2v) is 8.27. The maximum atomic E-state index is 5.19. The molecular weight excluding hydrogens is 370 g/mol. The number of rotatable bonds is 4. The van der Waals surface area contributed by atoms with Crippen LogP contribution in [-0.2, 0) is 6.54 Å². The van der Waals surface area contributed by atoms with Crippen molar-refractivity contribution in [3.05, 3.63) is 60.2 Å². The maximum Gasteiger partial charge on any atom is 0.141 e. The van der Waals surface area contributed by atoms with Crippen molar-refractivity contribution in [2.45, 2.75) is 13.5 Å². The molecule has 0 aliphatic carbocycles. The van der Waals surface area contributed by atoms with Crippen molar-refractivity contribution in [3.63, 3.8) is 0 Å². The number of nitrogens with one attached hydrogen (secondary N) is 1. The van der Waals surface area contributed by atoms with Gasteiger partial charge in [0.2, 0.25) is 0 Å². The molecule has 7 heteroatoms. The number of quaternary nitrogens is 1. The lowest BCUT2D eigenvalue weighted by molar-refractivity contribution is -0.914. The second-order valence-electron chi connectivity index (χ2n) is 7.24. The van der Waals surface area contributed by atoms with E-state index in [1.165, 1.54) is 15.3 Å². The molecule has 142 valence electrons. The molecule has 4 heterocycles. The summed E-state index contributed by atoms with van der Waals surface area (Å²) in [5.41, 5.74) is 2.27. The van der Waals surface area contributed by atoms with Gasteiger partial charge in [-0.1, -0.05) is 35.5 Å². The summed E-state index contributed by atoms with van der Waals surface area (Å²) in [6.45, 7) is 6.94. The minimum atomic E-state index is 0.878. The SMILES string of the molecule is Cc1cc(C[NH+]2CCN(c3ncnc4sc(-c5ccccc5)cc34)CC2)no1. The number of piperazine rings is 1. The topological polar surface area (TPSA) is 59.5 Å². The van der Waals surface area contributed by atoms with Gasteiger partial charge in [-0.05, 0) is 18.6 Å². The van der Waals surface area contributed by atoms with Crippen LogP contribution in [0.25, 0.3) is 20.7 Å². The lowest BCUT2D eigenvalue weighted by atomic mass is 10.2. The van der Waals surface area contributed by atoms with Crippen LogP contribution in [-0.4, -0.2) is 41.3 Å². The monoisotopic (exact) mass is 392 g/mol. The van der Waals surface area contributed by atoms with Gasteiger partial charge in [0.15, 0.2) is 0 Å². The smallest absolute Gasteiger partial charge is 0.141 e. The van der Waals surface area contributed by atoms with Gasteiger partial charge in [-0.25, -0.2) is 9.97 Å². The Balaban J connectivity index is 1.34. The van der Waals surface area contributed by atoms with Gasteiger partial charge >= 0.3 is 0 Å². The molecule has 3 aromatic heterocycles. The number of hydrogen-bond donors (Lipinski definition) is 1. The number of benzene rings is 1. The van der Waals surface area contributed by atoms with Gasteiger partial charge in [-0.3, -0.25) is 0 Å². The minimum Gasteiger partial charge on any atom is -0.361 e. The van der Waals surface area contributed by atoms with Gasteiger partial charge in [0.05, 0.1) is 31.6 Å². The van der Waals surface area contributed by atoms with E-state index in [-0.39, 0.29) is 0 Å². The molecule has 28 heavy (non-hydrogen) atoms. The zero-order valence-electron chi connectivity index (χ0n) is 15.8. The van der Waals surface area contributed by atoms with E-state index in [4.69, 9.17) is 4.52 Å². The molecule has 1 saturated heterocycles. The summed E-state index contributed by atoms with van der Waals surface area (Å²) >= 11 is 1.73. The first kappa shape index (κ1) is 17.3. The van der Waals surface area contributed by atoms with Gasteiger partial charge in [-0.2, -0.15) is 0 Å². The molecule has 0 unspecified atom stereocenters. The number of hydrogen-bond acceptors (Lipinski definition) is 6. The molecule has 1 aromatic carbocycles. The van der Waals surface area contributed by atoms with Crippen molar-refractivity contribution in [1.29, 1.82) is 0 Å². The Morgan fingerprint density at radius 1 is 1.11 bits per heavy atom. The fourth-order valence-electron chi connectivity index (χ4n) is 3.81. The molecule has 1 aliphatic rings. The summed E-state index contributed by atoms with van der Waals surface area (Å²) in [7, 11) is 0. The van der Waals surface area contributed by atoms with Gasteiger partial charge in [-0.15, -0.1) is 11.3 Å². The van der Waals surface area contributed by atoms with Crippen molar-refractivity contribution in [1.82, 2.24) is 15.1 Å². The summed E-state index contributed by atoms with van der Waals surface area (Å²) < 4.78 is 5.19. The maximum absolute atomic E-state index is 5.19.